The molecule has 2 atom stereocenters. The Labute approximate surface area is 89.5 Å². The number of allylic oxidation sites excluding steroid dienone is 1. The van der Waals surface area contributed by atoms with Crippen LogP contribution in [0.25, 0.3) is 5.57 Å². The Morgan fingerprint density at radius 2 is 2.47 bits per heavy atom. The predicted octanol–water partition coefficient (Wildman–Crippen LogP) is 2.14. The molecule has 1 aliphatic heterocycles. The number of rotatable bonds is 1. The molecule has 1 fully saturated rings. The summed E-state index contributed by atoms with van der Waals surface area (Å²) in [6.45, 7) is 3.12. The van der Waals surface area contributed by atoms with Crippen molar-refractivity contribution in [3.8, 4) is 0 Å². The molecule has 1 saturated heterocycles. The van der Waals surface area contributed by atoms with E-state index in [1.807, 2.05) is 13.0 Å². The Morgan fingerprint density at radius 3 is 3.20 bits per heavy atom. The Bertz CT molecular complexity index is 394. The van der Waals surface area contributed by atoms with Gasteiger partial charge in [-0.25, -0.2) is 0 Å². The van der Waals surface area contributed by atoms with Crippen LogP contribution >= 0.6 is 0 Å². The van der Waals surface area contributed by atoms with Gasteiger partial charge in [0.1, 0.15) is 0 Å². The van der Waals surface area contributed by atoms with Crippen molar-refractivity contribution in [1.29, 1.82) is 0 Å². The Hall–Kier alpha value is -1.09. The first kappa shape index (κ1) is 9.16. The lowest BCUT2D eigenvalue weighted by atomic mass is 9.92. The van der Waals surface area contributed by atoms with Gasteiger partial charge in [-0.1, -0.05) is 11.2 Å². The second kappa shape index (κ2) is 3.49. The van der Waals surface area contributed by atoms with E-state index >= 15 is 0 Å². The lowest BCUT2D eigenvalue weighted by Crippen LogP contribution is -2.37. The summed E-state index contributed by atoms with van der Waals surface area (Å²) in [7, 11) is 0. The van der Waals surface area contributed by atoms with E-state index in [0.29, 0.717) is 6.04 Å². The molecule has 0 bridgehead atoms. The molecule has 2 aliphatic rings. The minimum absolute atomic E-state index is 0.569. The summed E-state index contributed by atoms with van der Waals surface area (Å²) in [5, 5.41) is 7.49. The maximum Gasteiger partial charge on any atom is 0.162 e. The van der Waals surface area contributed by atoms with E-state index in [2.05, 4.69) is 16.5 Å². The van der Waals surface area contributed by atoms with Crippen molar-refractivity contribution in [3.05, 3.63) is 23.6 Å². The van der Waals surface area contributed by atoms with Gasteiger partial charge in [0.15, 0.2) is 5.76 Å². The fourth-order valence-corrected chi connectivity index (χ4v) is 2.67. The first-order chi connectivity index (χ1) is 7.33. The zero-order valence-corrected chi connectivity index (χ0v) is 8.99. The molecule has 15 heavy (non-hydrogen) atoms. The quantitative estimate of drug-likeness (QED) is 0.761. The Morgan fingerprint density at radius 1 is 1.53 bits per heavy atom. The average Bonchev–Trinajstić information content (AvgIpc) is 2.82. The zero-order chi connectivity index (χ0) is 10.3. The minimum atomic E-state index is 0.569. The van der Waals surface area contributed by atoms with Crippen LogP contribution in [0.3, 0.4) is 0 Å². The van der Waals surface area contributed by atoms with Crippen LogP contribution in [0.5, 0.6) is 0 Å². The Balaban J connectivity index is 1.83. The van der Waals surface area contributed by atoms with Gasteiger partial charge in [0.05, 0.1) is 5.69 Å². The number of hydrogen-bond acceptors (Lipinski definition) is 3. The third-order valence-corrected chi connectivity index (χ3v) is 3.45. The van der Waals surface area contributed by atoms with E-state index < -0.39 is 0 Å². The molecule has 3 rings (SSSR count). The molecule has 1 aromatic rings. The molecule has 1 N–H and O–H groups in total. The van der Waals surface area contributed by atoms with Crippen molar-refractivity contribution in [1.82, 2.24) is 10.5 Å². The number of piperidine rings is 1. The van der Waals surface area contributed by atoms with Crippen molar-refractivity contribution < 1.29 is 4.52 Å². The number of fused-ring (bicyclic) bond motifs is 1. The summed E-state index contributed by atoms with van der Waals surface area (Å²) in [6.07, 6.45) is 6.11. The normalized spacial score (nSPS) is 30.1. The number of nitrogens with one attached hydrogen (secondary N) is 1. The molecule has 3 nitrogen and oxygen atoms in total. The topological polar surface area (TPSA) is 38.1 Å². The highest BCUT2D eigenvalue weighted by atomic mass is 16.5. The van der Waals surface area contributed by atoms with Gasteiger partial charge in [-0.05, 0) is 44.2 Å². The van der Waals surface area contributed by atoms with Gasteiger partial charge < -0.3 is 9.84 Å². The number of aryl methyl sites for hydroxylation is 1. The minimum Gasteiger partial charge on any atom is -0.356 e. The van der Waals surface area contributed by atoms with E-state index in [-0.39, 0.29) is 0 Å². The average molecular weight is 204 g/mol. The van der Waals surface area contributed by atoms with Gasteiger partial charge in [-0.15, -0.1) is 0 Å². The molecule has 2 heterocycles. The summed E-state index contributed by atoms with van der Waals surface area (Å²) in [6, 6.07) is 2.60. The van der Waals surface area contributed by atoms with E-state index in [1.165, 1.54) is 18.4 Å². The van der Waals surface area contributed by atoms with Crippen molar-refractivity contribution in [2.75, 3.05) is 6.54 Å². The number of hydrogen-bond donors (Lipinski definition) is 1. The summed E-state index contributed by atoms with van der Waals surface area (Å²) in [5.41, 5.74) is 2.30. The molecule has 0 radical (unpaired) electrons. The maximum absolute atomic E-state index is 5.31. The van der Waals surface area contributed by atoms with Gasteiger partial charge >= 0.3 is 0 Å². The maximum atomic E-state index is 5.31. The zero-order valence-electron chi connectivity index (χ0n) is 8.99. The number of aromatic nitrogens is 1. The van der Waals surface area contributed by atoms with Crippen LogP contribution in [0.1, 0.15) is 30.7 Å². The first-order valence-electron chi connectivity index (χ1n) is 5.71. The molecular formula is C12H16N2O. The van der Waals surface area contributed by atoms with Crippen LogP contribution in [0, 0.1) is 12.8 Å². The van der Waals surface area contributed by atoms with E-state index in [4.69, 9.17) is 4.52 Å². The largest absolute Gasteiger partial charge is 0.356 e. The van der Waals surface area contributed by atoms with Gasteiger partial charge in [0.2, 0.25) is 0 Å². The monoisotopic (exact) mass is 204 g/mol. The number of nitrogens with zero attached hydrogens (tertiary/aromatic N) is 1. The van der Waals surface area contributed by atoms with Crippen LogP contribution in [0.2, 0.25) is 0 Å². The summed E-state index contributed by atoms with van der Waals surface area (Å²) in [4.78, 5) is 0. The van der Waals surface area contributed by atoms with Crippen LogP contribution in [-0.2, 0) is 0 Å². The highest BCUT2D eigenvalue weighted by Gasteiger charge is 2.31. The van der Waals surface area contributed by atoms with Crippen LogP contribution in [0.4, 0.5) is 0 Å². The van der Waals surface area contributed by atoms with Crippen molar-refractivity contribution >= 4 is 5.57 Å². The molecule has 1 aliphatic carbocycles. The standard InChI is InChI=1S/C12H16N2O/c1-8-5-12(15-14-8)10-6-9-3-2-4-13-11(9)7-10/h5,7,9,11,13H,2-4,6H2,1H3. The summed E-state index contributed by atoms with van der Waals surface area (Å²) in [5.74, 6) is 1.74. The molecule has 0 aromatic carbocycles. The van der Waals surface area contributed by atoms with E-state index in [9.17, 15) is 0 Å². The van der Waals surface area contributed by atoms with Gasteiger partial charge in [0.25, 0.3) is 0 Å². The highest BCUT2D eigenvalue weighted by molar-refractivity contribution is 5.65. The van der Waals surface area contributed by atoms with E-state index in [1.54, 1.807) is 0 Å². The van der Waals surface area contributed by atoms with Crippen LogP contribution in [-0.4, -0.2) is 17.7 Å². The van der Waals surface area contributed by atoms with Crippen molar-refractivity contribution in [2.24, 2.45) is 5.92 Å². The molecule has 80 valence electrons. The van der Waals surface area contributed by atoms with Crippen molar-refractivity contribution in [3.63, 3.8) is 0 Å². The molecule has 0 saturated carbocycles. The van der Waals surface area contributed by atoms with Crippen LogP contribution in [0.15, 0.2) is 16.7 Å². The predicted molar refractivity (Wildman–Crippen MR) is 58.3 cm³/mol. The fraction of sp³-hybridized carbons (Fsp3) is 0.583. The highest BCUT2D eigenvalue weighted by Crippen LogP contribution is 2.36. The molecular weight excluding hydrogens is 188 g/mol. The third kappa shape index (κ3) is 1.61. The molecule has 3 heteroatoms. The molecule has 2 unspecified atom stereocenters. The van der Waals surface area contributed by atoms with E-state index in [0.717, 1.165) is 30.3 Å². The third-order valence-electron chi connectivity index (χ3n) is 3.45. The molecule has 0 amide bonds. The molecule has 1 aromatic heterocycles. The van der Waals surface area contributed by atoms with Crippen molar-refractivity contribution in [2.45, 2.75) is 32.2 Å². The smallest absolute Gasteiger partial charge is 0.162 e. The second-order valence-electron chi connectivity index (χ2n) is 4.61. The first-order valence-corrected chi connectivity index (χ1v) is 5.71. The van der Waals surface area contributed by atoms with Gasteiger partial charge in [-0.2, -0.15) is 0 Å². The summed E-state index contributed by atoms with van der Waals surface area (Å²) >= 11 is 0. The SMILES string of the molecule is Cc1cc(C2=CC3NCCCC3C2)on1. The van der Waals surface area contributed by atoms with Gasteiger partial charge in [-0.3, -0.25) is 0 Å². The fourth-order valence-electron chi connectivity index (χ4n) is 2.67. The lowest BCUT2D eigenvalue weighted by molar-refractivity contribution is 0.340. The lowest BCUT2D eigenvalue weighted by Gasteiger charge is -2.25. The Kier molecular flexibility index (Phi) is 2.13. The second-order valence-corrected chi connectivity index (χ2v) is 4.61. The van der Waals surface area contributed by atoms with Gasteiger partial charge in [0, 0.05) is 12.1 Å². The van der Waals surface area contributed by atoms with Crippen LogP contribution < -0.4 is 5.32 Å². The molecule has 0 spiro atoms. The summed E-state index contributed by atoms with van der Waals surface area (Å²) < 4.78 is 5.31.